The molecule has 0 saturated carbocycles. The van der Waals surface area contributed by atoms with Crippen LogP contribution in [0.2, 0.25) is 0 Å². The van der Waals surface area contributed by atoms with E-state index in [4.69, 9.17) is 28.7 Å². The summed E-state index contributed by atoms with van der Waals surface area (Å²) in [5.74, 6) is -7.29. The van der Waals surface area contributed by atoms with Crippen molar-refractivity contribution in [2.24, 2.45) is 50.5 Å². The van der Waals surface area contributed by atoms with Crippen molar-refractivity contribution in [3.8, 4) is 0 Å². The number of aliphatic hydroxyl groups excluding tert-OH is 1. The van der Waals surface area contributed by atoms with Gasteiger partial charge in [-0.25, -0.2) is 4.79 Å². The maximum atomic E-state index is 14.2. The number of amides is 7. The lowest BCUT2D eigenvalue weighted by atomic mass is 10.00. The summed E-state index contributed by atoms with van der Waals surface area (Å²) in [6, 6.07) is -1.18. The molecular formula is C44H74N14O10. The van der Waals surface area contributed by atoms with Crippen LogP contribution in [0.5, 0.6) is 0 Å². The first-order valence-corrected chi connectivity index (χ1v) is 22.9. The van der Waals surface area contributed by atoms with E-state index in [-0.39, 0.29) is 81.8 Å². The molecule has 1 heterocycles. The second-order valence-electron chi connectivity index (χ2n) is 17.7. The first kappa shape index (κ1) is 57.6. The highest BCUT2D eigenvalue weighted by molar-refractivity contribution is 5.97. The van der Waals surface area contributed by atoms with Crippen molar-refractivity contribution in [1.82, 2.24) is 36.8 Å². The van der Waals surface area contributed by atoms with Crippen LogP contribution in [0.4, 0.5) is 0 Å². The highest BCUT2D eigenvalue weighted by Crippen LogP contribution is 2.19. The van der Waals surface area contributed by atoms with Crippen molar-refractivity contribution in [2.45, 2.75) is 141 Å². The molecule has 18 N–H and O–H groups in total. The van der Waals surface area contributed by atoms with Gasteiger partial charge in [0.25, 0.3) is 0 Å². The number of carbonyl (C=O) groups excluding carboxylic acids is 7. The van der Waals surface area contributed by atoms with E-state index in [9.17, 15) is 48.6 Å². The summed E-state index contributed by atoms with van der Waals surface area (Å²) in [4.78, 5) is 117. The van der Waals surface area contributed by atoms with Gasteiger partial charge >= 0.3 is 5.97 Å². The van der Waals surface area contributed by atoms with E-state index >= 15 is 0 Å². The molecule has 1 aromatic carbocycles. The maximum Gasteiger partial charge on any atom is 0.326 e. The normalized spacial score (nSPS) is 16.4. The van der Waals surface area contributed by atoms with Crippen molar-refractivity contribution >= 4 is 59.2 Å². The molecule has 1 saturated heterocycles. The minimum Gasteiger partial charge on any atom is -0.480 e. The third kappa shape index (κ3) is 20.5. The van der Waals surface area contributed by atoms with E-state index < -0.39 is 102 Å². The zero-order valence-corrected chi connectivity index (χ0v) is 39.7. The van der Waals surface area contributed by atoms with Crippen LogP contribution < -0.4 is 60.6 Å². The molecule has 1 aliphatic rings. The predicted molar refractivity (Wildman–Crippen MR) is 254 cm³/mol. The fraction of sp³-hybridized carbons (Fsp3) is 0.636. The lowest BCUT2D eigenvalue weighted by molar-refractivity contribution is -0.142. The zero-order valence-electron chi connectivity index (χ0n) is 39.7. The molecule has 8 atom stereocenters. The van der Waals surface area contributed by atoms with Gasteiger partial charge in [0.1, 0.15) is 42.3 Å². The fourth-order valence-corrected chi connectivity index (χ4v) is 7.39. The van der Waals surface area contributed by atoms with Gasteiger partial charge in [-0.05, 0) is 75.7 Å². The average Bonchev–Trinajstić information content (AvgIpc) is 3.76. The molecule has 0 aliphatic carbocycles. The van der Waals surface area contributed by atoms with Crippen molar-refractivity contribution in [2.75, 3.05) is 26.2 Å². The number of aliphatic carboxylic acids is 1. The van der Waals surface area contributed by atoms with E-state index in [0.717, 1.165) is 0 Å². The van der Waals surface area contributed by atoms with Gasteiger partial charge in [0.05, 0.1) is 12.6 Å². The van der Waals surface area contributed by atoms with Gasteiger partial charge in [0.15, 0.2) is 11.9 Å². The number of guanidine groups is 2. The largest absolute Gasteiger partial charge is 0.480 e. The summed E-state index contributed by atoms with van der Waals surface area (Å²) in [6.07, 6.45) is 1.23. The topological polar surface area (TPSA) is 407 Å². The van der Waals surface area contributed by atoms with Crippen molar-refractivity contribution < 1.29 is 48.6 Å². The Kier molecular flexibility index (Phi) is 24.8. The Morgan fingerprint density at radius 3 is 1.49 bits per heavy atom. The molecular weight excluding hydrogens is 885 g/mol. The standard InChI is InChI=1S/C44H74N14O10/c1-24(2)20-30(37(62)53-29(15-10-18-51-44(48)49)36(61)56-32(42(67)68)22-27-12-7-6-8-13-27)54-35(60)28(14-9-17-50-43(46)47)52-38(63)31(21-25(3)4)55-39(64)33(23-59)57-40(65)34-16-11-19-58(34)41(66)26(5)45/h6-8,12-13,24-26,28-34,59H,9-11,14-23,45H2,1-5H3,(H,52,63)(H,53,62)(H,54,60)(H,55,64)(H,56,61)(H,57,65)(H,67,68)(H4,46,47,50)(H4,48,49,51). The van der Waals surface area contributed by atoms with Gasteiger partial charge in [0, 0.05) is 26.1 Å². The molecule has 0 aromatic heterocycles. The number of nitrogens with zero attached hydrogens (tertiary/aromatic N) is 3. The second kappa shape index (κ2) is 29.3. The summed E-state index contributed by atoms with van der Waals surface area (Å²) in [5.41, 5.74) is 28.3. The van der Waals surface area contributed by atoms with Gasteiger partial charge in [0.2, 0.25) is 41.4 Å². The minimum absolute atomic E-state index is 0.0200. The Hall–Kier alpha value is -6.56. The highest BCUT2D eigenvalue weighted by atomic mass is 16.4. The molecule has 68 heavy (non-hydrogen) atoms. The summed E-state index contributed by atoms with van der Waals surface area (Å²) in [6.45, 7) is 8.26. The van der Waals surface area contributed by atoms with Crippen LogP contribution in [-0.4, -0.2) is 149 Å². The molecule has 7 amide bonds. The fourth-order valence-electron chi connectivity index (χ4n) is 7.39. The van der Waals surface area contributed by atoms with Gasteiger partial charge in [-0.2, -0.15) is 0 Å². The Morgan fingerprint density at radius 2 is 1.07 bits per heavy atom. The number of nitrogens with two attached hydrogens (primary N) is 5. The number of aliphatic imine (C=N–C) groups is 2. The smallest absolute Gasteiger partial charge is 0.326 e. The number of aliphatic hydroxyl groups is 1. The van der Waals surface area contributed by atoms with E-state index in [1.807, 2.05) is 0 Å². The van der Waals surface area contributed by atoms with Crippen LogP contribution in [-0.2, 0) is 44.8 Å². The third-order valence-electron chi connectivity index (χ3n) is 10.8. The summed E-state index contributed by atoms with van der Waals surface area (Å²) >= 11 is 0. The number of carboxylic acid groups (broad SMARTS) is 1. The molecule has 380 valence electrons. The van der Waals surface area contributed by atoms with Crippen LogP contribution in [0, 0.1) is 11.8 Å². The Labute approximate surface area is 397 Å². The molecule has 1 fully saturated rings. The number of hydrogen-bond acceptors (Lipinski definition) is 12. The van der Waals surface area contributed by atoms with Crippen molar-refractivity contribution in [1.29, 1.82) is 0 Å². The highest BCUT2D eigenvalue weighted by Gasteiger charge is 2.38. The first-order valence-electron chi connectivity index (χ1n) is 22.9. The minimum atomic E-state index is -1.51. The SMILES string of the molecule is CC(C)CC(NC(=O)C(CCCN=C(N)N)NC(=O)C(CC(C)C)NC(=O)C(CO)NC(=O)C1CCCN1C(=O)C(C)N)C(=O)NC(CCCN=C(N)N)C(=O)NC(Cc1ccccc1)C(=O)O. The van der Waals surface area contributed by atoms with Gasteiger partial charge < -0.3 is 75.7 Å². The summed E-state index contributed by atoms with van der Waals surface area (Å²) < 4.78 is 0. The number of carboxylic acids is 1. The van der Waals surface area contributed by atoms with Gasteiger partial charge in [-0.1, -0.05) is 58.0 Å². The molecule has 8 unspecified atom stereocenters. The molecule has 24 heteroatoms. The molecule has 0 spiro atoms. The molecule has 1 aliphatic heterocycles. The average molecular weight is 959 g/mol. The number of carbonyl (C=O) groups is 8. The lowest BCUT2D eigenvalue weighted by Gasteiger charge is -2.29. The van der Waals surface area contributed by atoms with Crippen molar-refractivity contribution in [3.63, 3.8) is 0 Å². The van der Waals surface area contributed by atoms with Crippen LogP contribution in [0.3, 0.4) is 0 Å². The summed E-state index contributed by atoms with van der Waals surface area (Å²) in [7, 11) is 0. The van der Waals surface area contributed by atoms with Gasteiger partial charge in [-0.15, -0.1) is 0 Å². The molecule has 0 bridgehead atoms. The zero-order chi connectivity index (χ0) is 51.1. The molecule has 24 nitrogen and oxygen atoms in total. The van der Waals surface area contributed by atoms with Crippen LogP contribution in [0.15, 0.2) is 40.3 Å². The maximum absolute atomic E-state index is 14.2. The number of rotatable bonds is 29. The van der Waals surface area contributed by atoms with E-state index in [1.54, 1.807) is 58.0 Å². The van der Waals surface area contributed by atoms with Gasteiger partial charge in [-0.3, -0.25) is 43.5 Å². The number of benzene rings is 1. The summed E-state index contributed by atoms with van der Waals surface area (Å²) in [5, 5.41) is 35.8. The van der Waals surface area contributed by atoms with E-state index in [2.05, 4.69) is 41.9 Å². The monoisotopic (exact) mass is 959 g/mol. The van der Waals surface area contributed by atoms with Crippen LogP contribution in [0.1, 0.15) is 91.5 Å². The number of nitrogens with one attached hydrogen (secondary N) is 6. The molecule has 1 aromatic rings. The lowest BCUT2D eigenvalue weighted by Crippen LogP contribution is -2.60. The van der Waals surface area contributed by atoms with Crippen LogP contribution >= 0.6 is 0 Å². The van der Waals surface area contributed by atoms with E-state index in [0.29, 0.717) is 24.9 Å². The number of likely N-dealkylation sites (tertiary alicyclic amines) is 1. The molecule has 0 radical (unpaired) electrons. The van der Waals surface area contributed by atoms with E-state index in [1.165, 1.54) is 11.8 Å². The third-order valence-corrected chi connectivity index (χ3v) is 10.8. The van der Waals surface area contributed by atoms with Crippen LogP contribution in [0.25, 0.3) is 0 Å². The molecule has 2 rings (SSSR count). The number of hydrogen-bond donors (Lipinski definition) is 13. The predicted octanol–water partition coefficient (Wildman–Crippen LogP) is -3.25. The Morgan fingerprint density at radius 1 is 0.647 bits per heavy atom. The Bertz CT molecular complexity index is 1910. The Balaban J connectivity index is 2.37. The quantitative estimate of drug-likeness (QED) is 0.0213. The second-order valence-corrected chi connectivity index (χ2v) is 17.7. The van der Waals surface area contributed by atoms with Crippen molar-refractivity contribution in [3.05, 3.63) is 35.9 Å². The first-order chi connectivity index (χ1) is 32.0.